The summed E-state index contributed by atoms with van der Waals surface area (Å²) in [6.45, 7) is 0.462. The summed E-state index contributed by atoms with van der Waals surface area (Å²) in [4.78, 5) is 50.7. The molecule has 2 aromatic carbocycles. The van der Waals surface area contributed by atoms with Crippen molar-refractivity contribution in [2.75, 3.05) is 34.5 Å². The van der Waals surface area contributed by atoms with Gasteiger partial charge in [0.2, 0.25) is 0 Å². The Morgan fingerprint density at radius 2 is 1.35 bits per heavy atom. The number of amides is 1. The van der Waals surface area contributed by atoms with E-state index in [-0.39, 0.29) is 23.8 Å². The van der Waals surface area contributed by atoms with Crippen LogP contribution in [0.25, 0.3) is 11.1 Å². The predicted molar refractivity (Wildman–Crippen MR) is 179 cm³/mol. The van der Waals surface area contributed by atoms with Gasteiger partial charge < -0.3 is 24.3 Å². The summed E-state index contributed by atoms with van der Waals surface area (Å²) >= 11 is 0. The van der Waals surface area contributed by atoms with E-state index in [2.05, 4.69) is 15.2 Å². The van der Waals surface area contributed by atoms with Crippen molar-refractivity contribution in [2.45, 2.75) is 69.2 Å². The number of hydrogen-bond acceptors (Lipinski definition) is 10. The van der Waals surface area contributed by atoms with Crippen molar-refractivity contribution in [1.29, 1.82) is 0 Å². The van der Waals surface area contributed by atoms with E-state index in [1.165, 1.54) is 32.6 Å². The fourth-order valence-electron chi connectivity index (χ4n) is 7.02. The molecule has 2 aromatic rings. The first kappa shape index (κ1) is 34.4. The SMILES string of the molecule is COC(=O)CCCCCCCCCCNC(=O)OCC1=CC2N(N=C1)C(C(=O)OC)=C(C(=O)OC)C21c2ccccc2-c2ccccc21. The molecule has 1 spiro atoms. The standard InChI is InChI=1S/C37H43N3O8/c1-45-31(41)20-10-8-6-4-5-7-9-15-21-38-36(44)48-24-25-22-30-37(28-18-13-11-16-26(28)27-17-12-14-19-29(27)37)32(34(42)46-2)33(35(43)47-3)40(30)39-23-25/h11-14,16-19,22-23,30H,4-10,15,20-21,24H2,1-3H3,(H,38,44). The average molecular weight is 658 g/mol. The second kappa shape index (κ2) is 15.8. The number of benzene rings is 2. The Morgan fingerprint density at radius 3 is 1.96 bits per heavy atom. The molecule has 1 atom stereocenters. The summed E-state index contributed by atoms with van der Waals surface area (Å²) in [7, 11) is 3.97. The molecule has 11 nitrogen and oxygen atoms in total. The van der Waals surface area contributed by atoms with Crippen molar-refractivity contribution in [3.63, 3.8) is 0 Å². The van der Waals surface area contributed by atoms with Crippen LogP contribution in [0.2, 0.25) is 0 Å². The van der Waals surface area contributed by atoms with Gasteiger partial charge in [0.05, 0.1) is 44.6 Å². The molecule has 11 heteroatoms. The number of methoxy groups -OCH3 is 3. The highest BCUT2D eigenvalue weighted by Crippen LogP contribution is 2.60. The summed E-state index contributed by atoms with van der Waals surface area (Å²) in [5.74, 6) is -1.52. The third kappa shape index (κ3) is 6.72. The molecule has 254 valence electrons. The Labute approximate surface area is 280 Å². The lowest BCUT2D eigenvalue weighted by Crippen LogP contribution is -2.45. The Hall–Kier alpha value is -4.93. The van der Waals surface area contributed by atoms with Crippen LogP contribution in [0.15, 0.2) is 76.6 Å². The zero-order valence-electron chi connectivity index (χ0n) is 27.8. The largest absolute Gasteiger partial charge is 0.469 e. The number of carbonyl (C=O) groups excluding carboxylic acids is 4. The van der Waals surface area contributed by atoms with E-state index in [0.29, 0.717) is 18.5 Å². The molecule has 5 rings (SSSR count). The lowest BCUT2D eigenvalue weighted by molar-refractivity contribution is -0.141. The van der Waals surface area contributed by atoms with E-state index in [9.17, 15) is 19.2 Å². The van der Waals surface area contributed by atoms with Crippen LogP contribution in [0.4, 0.5) is 4.79 Å². The van der Waals surface area contributed by atoms with Crippen molar-refractivity contribution >= 4 is 30.2 Å². The van der Waals surface area contributed by atoms with Gasteiger partial charge in [-0.25, -0.2) is 19.4 Å². The first-order valence-corrected chi connectivity index (χ1v) is 16.5. The summed E-state index contributed by atoms with van der Waals surface area (Å²) in [5.41, 5.74) is 3.19. The smallest absolute Gasteiger partial charge is 0.407 e. The molecule has 2 aliphatic heterocycles. The molecule has 0 saturated heterocycles. The molecule has 1 N–H and O–H groups in total. The maximum atomic E-state index is 13.7. The Bertz CT molecular complexity index is 1580. The predicted octanol–water partition coefficient (Wildman–Crippen LogP) is 5.57. The number of hydrogen-bond donors (Lipinski definition) is 1. The van der Waals surface area contributed by atoms with E-state index in [1.807, 2.05) is 54.6 Å². The lowest BCUT2D eigenvalue weighted by atomic mass is 9.68. The minimum Gasteiger partial charge on any atom is -0.469 e. The fraction of sp³-hybridized carbons (Fsp3) is 0.432. The Balaban J connectivity index is 1.24. The molecule has 48 heavy (non-hydrogen) atoms. The van der Waals surface area contributed by atoms with Gasteiger partial charge in [-0.2, -0.15) is 5.10 Å². The Morgan fingerprint density at radius 1 is 0.771 bits per heavy atom. The Kier molecular flexibility index (Phi) is 11.3. The number of alkyl carbamates (subject to hydrolysis) is 1. The topological polar surface area (TPSA) is 133 Å². The van der Waals surface area contributed by atoms with Crippen LogP contribution in [0.3, 0.4) is 0 Å². The van der Waals surface area contributed by atoms with Gasteiger partial charge in [0.25, 0.3) is 0 Å². The maximum absolute atomic E-state index is 13.7. The molecule has 3 aliphatic rings. The molecule has 0 aromatic heterocycles. The van der Waals surface area contributed by atoms with Crippen LogP contribution in [0.1, 0.15) is 68.9 Å². The van der Waals surface area contributed by atoms with Crippen molar-refractivity contribution in [2.24, 2.45) is 5.10 Å². The van der Waals surface area contributed by atoms with Gasteiger partial charge in [-0.3, -0.25) is 4.79 Å². The maximum Gasteiger partial charge on any atom is 0.407 e. The second-order valence-corrected chi connectivity index (χ2v) is 12.0. The molecule has 0 fully saturated rings. The van der Waals surface area contributed by atoms with Gasteiger partial charge >= 0.3 is 24.0 Å². The van der Waals surface area contributed by atoms with Gasteiger partial charge in [-0.05, 0) is 35.1 Å². The van der Waals surface area contributed by atoms with Crippen molar-refractivity contribution in [3.05, 3.63) is 82.6 Å². The molecular formula is C37H43N3O8. The monoisotopic (exact) mass is 657 g/mol. The minimum absolute atomic E-state index is 0.00429. The summed E-state index contributed by atoms with van der Waals surface area (Å²) in [5, 5.41) is 8.95. The van der Waals surface area contributed by atoms with Crippen LogP contribution in [0, 0.1) is 0 Å². The zero-order valence-corrected chi connectivity index (χ0v) is 27.8. The highest BCUT2D eigenvalue weighted by Gasteiger charge is 2.63. The van der Waals surface area contributed by atoms with Gasteiger partial charge in [0, 0.05) is 18.5 Å². The molecule has 2 heterocycles. The van der Waals surface area contributed by atoms with E-state index in [4.69, 9.17) is 14.2 Å². The molecule has 0 saturated carbocycles. The molecule has 1 amide bonds. The van der Waals surface area contributed by atoms with Crippen molar-refractivity contribution in [3.8, 4) is 11.1 Å². The van der Waals surface area contributed by atoms with Crippen molar-refractivity contribution < 1.29 is 38.1 Å². The van der Waals surface area contributed by atoms with E-state index >= 15 is 0 Å². The zero-order chi connectivity index (χ0) is 34.1. The third-order valence-corrected chi connectivity index (χ3v) is 9.22. The number of esters is 3. The molecular weight excluding hydrogens is 614 g/mol. The fourth-order valence-corrected chi connectivity index (χ4v) is 7.02. The van der Waals surface area contributed by atoms with Gasteiger partial charge in [0.15, 0.2) is 5.70 Å². The second-order valence-electron chi connectivity index (χ2n) is 12.0. The summed E-state index contributed by atoms with van der Waals surface area (Å²) < 4.78 is 20.7. The third-order valence-electron chi connectivity index (χ3n) is 9.22. The number of rotatable bonds is 15. The number of unbranched alkanes of at least 4 members (excludes halogenated alkanes) is 7. The number of ether oxygens (including phenoxy) is 4. The van der Waals surface area contributed by atoms with Gasteiger partial charge in [0.1, 0.15) is 6.61 Å². The van der Waals surface area contributed by atoms with Crippen molar-refractivity contribution in [1.82, 2.24) is 10.3 Å². The minimum atomic E-state index is -1.14. The van der Waals surface area contributed by atoms with E-state index in [0.717, 1.165) is 73.6 Å². The quantitative estimate of drug-likeness (QED) is 0.148. The van der Waals surface area contributed by atoms with Crippen LogP contribution < -0.4 is 5.32 Å². The van der Waals surface area contributed by atoms with E-state index in [1.54, 1.807) is 0 Å². The van der Waals surface area contributed by atoms with E-state index < -0.39 is 29.5 Å². The lowest BCUT2D eigenvalue weighted by Gasteiger charge is -2.37. The molecule has 1 unspecified atom stereocenters. The first-order valence-electron chi connectivity index (χ1n) is 16.5. The van der Waals surface area contributed by atoms with Crippen LogP contribution >= 0.6 is 0 Å². The number of nitrogens with one attached hydrogen (secondary N) is 1. The molecule has 0 bridgehead atoms. The summed E-state index contributed by atoms with van der Waals surface area (Å²) in [6, 6.07) is 15.0. The highest BCUT2D eigenvalue weighted by atomic mass is 16.5. The summed E-state index contributed by atoms with van der Waals surface area (Å²) in [6.07, 6.45) is 11.5. The number of carbonyl (C=O) groups is 4. The number of nitrogens with zero attached hydrogens (tertiary/aromatic N) is 2. The van der Waals surface area contributed by atoms with Crippen LogP contribution in [-0.2, 0) is 38.7 Å². The van der Waals surface area contributed by atoms with Crippen LogP contribution in [-0.4, -0.2) is 75.7 Å². The first-order chi connectivity index (χ1) is 23.4. The number of hydrazone groups is 1. The van der Waals surface area contributed by atoms with Crippen LogP contribution in [0.5, 0.6) is 0 Å². The molecule has 0 radical (unpaired) electrons. The number of fused-ring (bicyclic) bond motifs is 7. The molecule has 1 aliphatic carbocycles. The highest BCUT2D eigenvalue weighted by molar-refractivity contribution is 6.07. The van der Waals surface area contributed by atoms with Gasteiger partial charge in [-0.15, -0.1) is 0 Å². The normalized spacial score (nSPS) is 16.5. The van der Waals surface area contributed by atoms with Gasteiger partial charge in [-0.1, -0.05) is 93.1 Å². The average Bonchev–Trinajstić information content (AvgIpc) is 3.59.